The molecule has 0 aromatic carbocycles. The van der Waals surface area contributed by atoms with E-state index in [0.717, 1.165) is 17.9 Å². The second-order valence-corrected chi connectivity index (χ2v) is 5.32. The standard InChI is InChI=1S/C12H18N2O2S/c15-6-9(16)7-17-12-10-4-2-1-3-5-11(10)13-8-14-12/h8-9,15-16H,1-7H2. The summed E-state index contributed by atoms with van der Waals surface area (Å²) in [6.07, 6.45) is 6.65. The zero-order valence-electron chi connectivity index (χ0n) is 9.80. The first-order chi connectivity index (χ1) is 8.31. The Morgan fingerprint density at radius 2 is 2.06 bits per heavy atom. The van der Waals surface area contributed by atoms with Gasteiger partial charge in [-0.25, -0.2) is 9.97 Å². The Kier molecular flexibility index (Phi) is 4.76. The molecule has 1 unspecified atom stereocenters. The van der Waals surface area contributed by atoms with Gasteiger partial charge in [-0.05, 0) is 25.7 Å². The van der Waals surface area contributed by atoms with Gasteiger partial charge in [0.05, 0.1) is 12.7 Å². The molecule has 1 aromatic heterocycles. The van der Waals surface area contributed by atoms with Crippen molar-refractivity contribution in [1.29, 1.82) is 0 Å². The molecular weight excluding hydrogens is 236 g/mol. The van der Waals surface area contributed by atoms with E-state index in [0.29, 0.717) is 5.75 Å². The molecule has 0 radical (unpaired) electrons. The Morgan fingerprint density at radius 3 is 2.88 bits per heavy atom. The first-order valence-electron chi connectivity index (χ1n) is 6.05. The Morgan fingerprint density at radius 1 is 1.24 bits per heavy atom. The van der Waals surface area contributed by atoms with Crippen molar-refractivity contribution in [2.75, 3.05) is 12.4 Å². The van der Waals surface area contributed by atoms with Crippen LogP contribution < -0.4 is 0 Å². The van der Waals surface area contributed by atoms with Gasteiger partial charge < -0.3 is 10.2 Å². The molecule has 1 aliphatic rings. The molecule has 1 heterocycles. The third kappa shape index (κ3) is 3.40. The van der Waals surface area contributed by atoms with Crippen LogP contribution in [0.4, 0.5) is 0 Å². The molecule has 1 atom stereocenters. The molecule has 0 saturated heterocycles. The molecule has 94 valence electrons. The number of fused-ring (bicyclic) bond motifs is 1. The minimum Gasteiger partial charge on any atom is -0.394 e. The smallest absolute Gasteiger partial charge is 0.116 e. The van der Waals surface area contributed by atoms with Crippen LogP contribution in [0.3, 0.4) is 0 Å². The summed E-state index contributed by atoms with van der Waals surface area (Å²) in [5.74, 6) is 0.486. The minimum atomic E-state index is -0.670. The zero-order valence-corrected chi connectivity index (χ0v) is 10.6. The van der Waals surface area contributed by atoms with Crippen molar-refractivity contribution in [2.45, 2.75) is 43.2 Å². The van der Waals surface area contributed by atoms with Gasteiger partial charge in [-0.1, -0.05) is 6.42 Å². The summed E-state index contributed by atoms with van der Waals surface area (Å²) < 4.78 is 0. The summed E-state index contributed by atoms with van der Waals surface area (Å²) in [6.45, 7) is -0.194. The third-order valence-electron chi connectivity index (χ3n) is 2.96. The highest BCUT2D eigenvalue weighted by molar-refractivity contribution is 7.99. The van der Waals surface area contributed by atoms with Crippen LogP contribution in [0.15, 0.2) is 11.4 Å². The van der Waals surface area contributed by atoms with Crippen molar-refractivity contribution >= 4 is 11.8 Å². The number of hydrogen-bond donors (Lipinski definition) is 2. The number of aliphatic hydroxyl groups excluding tert-OH is 2. The maximum Gasteiger partial charge on any atom is 0.116 e. The topological polar surface area (TPSA) is 66.2 Å². The fourth-order valence-electron chi connectivity index (χ4n) is 2.02. The zero-order chi connectivity index (χ0) is 12.1. The number of hydrogen-bond acceptors (Lipinski definition) is 5. The van der Waals surface area contributed by atoms with Crippen LogP contribution in [0.25, 0.3) is 0 Å². The van der Waals surface area contributed by atoms with Crippen molar-refractivity contribution in [2.24, 2.45) is 0 Å². The molecule has 0 saturated carbocycles. The lowest BCUT2D eigenvalue weighted by Crippen LogP contribution is -2.15. The molecule has 0 amide bonds. The highest BCUT2D eigenvalue weighted by Gasteiger charge is 2.15. The average Bonchev–Trinajstić information content (AvgIpc) is 2.61. The second-order valence-electron chi connectivity index (χ2n) is 4.31. The summed E-state index contributed by atoms with van der Waals surface area (Å²) in [4.78, 5) is 8.65. The van der Waals surface area contributed by atoms with E-state index in [4.69, 9.17) is 5.11 Å². The number of aryl methyl sites for hydroxylation is 1. The quantitative estimate of drug-likeness (QED) is 0.480. The van der Waals surface area contributed by atoms with E-state index in [2.05, 4.69) is 9.97 Å². The van der Waals surface area contributed by atoms with E-state index < -0.39 is 6.10 Å². The van der Waals surface area contributed by atoms with Crippen molar-refractivity contribution in [1.82, 2.24) is 9.97 Å². The number of nitrogens with zero attached hydrogens (tertiary/aromatic N) is 2. The Labute approximate surface area is 105 Å². The van der Waals surface area contributed by atoms with Crippen molar-refractivity contribution in [3.05, 3.63) is 17.6 Å². The molecule has 17 heavy (non-hydrogen) atoms. The lowest BCUT2D eigenvalue weighted by Gasteiger charge is -2.11. The van der Waals surface area contributed by atoms with Gasteiger partial charge in [0.15, 0.2) is 0 Å². The minimum absolute atomic E-state index is 0.194. The second kappa shape index (κ2) is 6.33. The fraction of sp³-hybridized carbons (Fsp3) is 0.667. The highest BCUT2D eigenvalue weighted by Crippen LogP contribution is 2.27. The summed E-state index contributed by atoms with van der Waals surface area (Å²) in [5, 5.41) is 19.1. The normalized spacial score (nSPS) is 17.3. The molecule has 2 rings (SSSR count). The van der Waals surface area contributed by atoms with Crippen LogP contribution in [-0.4, -0.2) is 38.6 Å². The predicted molar refractivity (Wildman–Crippen MR) is 67.1 cm³/mol. The first kappa shape index (κ1) is 12.8. The van der Waals surface area contributed by atoms with E-state index in [1.165, 1.54) is 42.3 Å². The Balaban J connectivity index is 2.11. The molecule has 4 nitrogen and oxygen atoms in total. The summed E-state index contributed by atoms with van der Waals surface area (Å²) >= 11 is 1.52. The van der Waals surface area contributed by atoms with Crippen LogP contribution in [0.2, 0.25) is 0 Å². The van der Waals surface area contributed by atoms with Gasteiger partial charge in [-0.15, -0.1) is 11.8 Å². The average molecular weight is 254 g/mol. The molecule has 5 heteroatoms. The largest absolute Gasteiger partial charge is 0.394 e. The molecule has 1 aromatic rings. The van der Waals surface area contributed by atoms with Crippen LogP contribution in [-0.2, 0) is 12.8 Å². The number of aliphatic hydroxyl groups is 2. The maximum absolute atomic E-state index is 9.36. The van der Waals surface area contributed by atoms with Gasteiger partial charge in [0.2, 0.25) is 0 Å². The van der Waals surface area contributed by atoms with Crippen LogP contribution in [0.5, 0.6) is 0 Å². The van der Waals surface area contributed by atoms with E-state index in [9.17, 15) is 5.11 Å². The van der Waals surface area contributed by atoms with Gasteiger partial charge in [0.25, 0.3) is 0 Å². The number of rotatable bonds is 4. The van der Waals surface area contributed by atoms with Crippen molar-refractivity contribution in [3.8, 4) is 0 Å². The molecular formula is C12H18N2O2S. The molecule has 0 aliphatic heterocycles. The molecule has 1 aliphatic carbocycles. The van der Waals surface area contributed by atoms with Gasteiger partial charge in [-0.3, -0.25) is 0 Å². The number of aromatic nitrogens is 2. The molecule has 0 fully saturated rings. The van der Waals surface area contributed by atoms with Crippen LogP contribution in [0.1, 0.15) is 30.5 Å². The predicted octanol–water partition coefficient (Wildman–Crippen LogP) is 1.19. The Bertz CT molecular complexity index is 374. The van der Waals surface area contributed by atoms with Gasteiger partial charge in [0, 0.05) is 17.0 Å². The van der Waals surface area contributed by atoms with Gasteiger partial charge in [0.1, 0.15) is 11.4 Å². The van der Waals surface area contributed by atoms with Crippen molar-refractivity contribution < 1.29 is 10.2 Å². The van der Waals surface area contributed by atoms with Gasteiger partial charge in [-0.2, -0.15) is 0 Å². The fourth-order valence-corrected chi connectivity index (χ4v) is 2.99. The third-order valence-corrected chi connectivity index (χ3v) is 4.14. The number of thioether (sulfide) groups is 1. The molecule has 0 spiro atoms. The summed E-state index contributed by atoms with van der Waals surface area (Å²) in [5.41, 5.74) is 2.42. The molecule has 0 bridgehead atoms. The van der Waals surface area contributed by atoms with Crippen LogP contribution >= 0.6 is 11.8 Å². The van der Waals surface area contributed by atoms with Gasteiger partial charge >= 0.3 is 0 Å². The Hall–Kier alpha value is -0.650. The molecule has 2 N–H and O–H groups in total. The van der Waals surface area contributed by atoms with Crippen molar-refractivity contribution in [3.63, 3.8) is 0 Å². The monoisotopic (exact) mass is 254 g/mol. The highest BCUT2D eigenvalue weighted by atomic mass is 32.2. The summed E-state index contributed by atoms with van der Waals surface area (Å²) in [6, 6.07) is 0. The summed E-state index contributed by atoms with van der Waals surface area (Å²) in [7, 11) is 0. The SMILES string of the molecule is OCC(O)CSc1ncnc2c1CCCCC2. The van der Waals surface area contributed by atoms with Crippen LogP contribution in [0, 0.1) is 0 Å². The first-order valence-corrected chi connectivity index (χ1v) is 7.04. The van der Waals surface area contributed by atoms with E-state index in [1.807, 2.05) is 0 Å². The van der Waals surface area contributed by atoms with E-state index in [-0.39, 0.29) is 6.61 Å². The lowest BCUT2D eigenvalue weighted by atomic mass is 10.1. The maximum atomic E-state index is 9.36. The lowest BCUT2D eigenvalue weighted by molar-refractivity contribution is 0.113. The van der Waals surface area contributed by atoms with E-state index in [1.54, 1.807) is 6.33 Å². The van der Waals surface area contributed by atoms with E-state index >= 15 is 0 Å².